The smallest absolute Gasteiger partial charge is 0.261 e. The number of ether oxygens (including phenoxy) is 2. The molecule has 4 rings (SSSR count). The van der Waals surface area contributed by atoms with Gasteiger partial charge < -0.3 is 24.1 Å². The summed E-state index contributed by atoms with van der Waals surface area (Å²) in [4.78, 5) is 1.22. The highest BCUT2D eigenvalue weighted by molar-refractivity contribution is 14.1. The van der Waals surface area contributed by atoms with Gasteiger partial charge in [-0.3, -0.25) is 0 Å². The van der Waals surface area contributed by atoms with Crippen LogP contribution in [-0.2, 0) is 13.9 Å². The van der Waals surface area contributed by atoms with Crippen LogP contribution in [0.1, 0.15) is 74.1 Å². The minimum Gasteiger partial charge on any atom is -0.407 e. The fourth-order valence-electron chi connectivity index (χ4n) is 7.77. The highest BCUT2D eigenvalue weighted by Gasteiger charge is 2.50. The molecule has 0 amide bonds. The van der Waals surface area contributed by atoms with E-state index in [0.29, 0.717) is 12.5 Å². The van der Waals surface area contributed by atoms with E-state index in [-0.39, 0.29) is 40.9 Å². The predicted octanol–water partition coefficient (Wildman–Crippen LogP) is 10.1. The van der Waals surface area contributed by atoms with Crippen LogP contribution in [0.4, 0.5) is 0 Å². The van der Waals surface area contributed by atoms with E-state index in [4.69, 9.17) is 13.9 Å². The van der Waals surface area contributed by atoms with Crippen molar-refractivity contribution in [3.8, 4) is 0 Å². The molecule has 0 unspecified atom stereocenters. The third-order valence-electron chi connectivity index (χ3n) is 11.0. The van der Waals surface area contributed by atoms with E-state index >= 15 is 0 Å². The Morgan fingerprint density at radius 3 is 2.02 bits per heavy atom. The van der Waals surface area contributed by atoms with Crippen LogP contribution in [0.3, 0.4) is 0 Å². The maximum absolute atomic E-state index is 11.0. The van der Waals surface area contributed by atoms with E-state index in [1.54, 1.807) is 7.11 Å². The van der Waals surface area contributed by atoms with Gasteiger partial charge in [-0.15, -0.1) is 0 Å². The molecule has 0 saturated carbocycles. The van der Waals surface area contributed by atoms with Crippen molar-refractivity contribution < 1.29 is 24.1 Å². The Hall–Kier alpha value is -2.02. The number of hydrogen-bond donors (Lipinski definition) is 2. The van der Waals surface area contributed by atoms with Gasteiger partial charge in [-0.25, -0.2) is 0 Å². The van der Waals surface area contributed by atoms with E-state index < -0.39 is 20.5 Å². The molecule has 1 aliphatic heterocycles. The topological polar surface area (TPSA) is 68.2 Å². The molecular weight excluding hydrogens is 820 g/mol. The van der Waals surface area contributed by atoms with Crippen molar-refractivity contribution in [1.29, 1.82) is 0 Å². The Bertz CT molecular complexity index is 1590. The number of thioether (sulfide) groups is 1. The quantitative estimate of drug-likeness (QED) is 0.0754. The first-order valence-electron chi connectivity index (χ1n) is 19.4. The summed E-state index contributed by atoms with van der Waals surface area (Å²) in [6.07, 6.45) is 7.77. The van der Waals surface area contributed by atoms with Gasteiger partial charge in [-0.1, -0.05) is 166 Å². The monoisotopic (exact) mass is 882 g/mol. The number of aliphatic hydroxyl groups is 2. The van der Waals surface area contributed by atoms with Crippen molar-refractivity contribution in [3.05, 3.63) is 124 Å². The van der Waals surface area contributed by atoms with Gasteiger partial charge in [-0.2, -0.15) is 0 Å². The lowest BCUT2D eigenvalue weighted by molar-refractivity contribution is -0.0486. The maximum atomic E-state index is 11.0. The first kappa shape index (κ1) is 44.7. The van der Waals surface area contributed by atoms with Gasteiger partial charge in [-0.05, 0) is 81.8 Å². The van der Waals surface area contributed by atoms with Gasteiger partial charge in [0.1, 0.15) is 5.44 Å². The molecule has 0 radical (unpaired) electrons. The molecule has 2 N–H and O–H groups in total. The lowest BCUT2D eigenvalue weighted by atomic mass is 9.87. The number of allylic oxidation sites excluding steroid dienone is 2. The molecule has 5 nitrogen and oxygen atoms in total. The molecule has 294 valence electrons. The Balaban J connectivity index is 1.47. The molecule has 54 heavy (non-hydrogen) atoms. The summed E-state index contributed by atoms with van der Waals surface area (Å²) >= 11 is 4.01. The van der Waals surface area contributed by atoms with E-state index in [1.165, 1.54) is 15.3 Å². The lowest BCUT2D eigenvalue weighted by Gasteiger charge is -2.43. The average molecular weight is 883 g/mol. The zero-order valence-electron chi connectivity index (χ0n) is 33.5. The standard InChI is InChI=1S/C46H63IO5SSi/c1-33(41(48)31-42(49)36(4)45(50-8)35(3)32-47)19-18-20-34(2)43-29-37(30-44(52-43)53-38-21-12-9-13-22-38)27-28-51-54(46(5,6)7,39-23-14-10-15-24-39)40-25-16-11-17-26-40/h9-26,32,34,36-37,41-45,48-49H,27-31H2,1-8H3/b20-18+,33-19+,35-32+/t34-,36+,37-,41+,42+,43-,44+,45+/m1/s1. The normalized spacial score (nSPS) is 21.8. The Morgan fingerprint density at radius 2 is 1.48 bits per heavy atom. The van der Waals surface area contributed by atoms with Gasteiger partial charge in [0, 0.05) is 36.9 Å². The number of methoxy groups -OCH3 is 1. The van der Waals surface area contributed by atoms with Crippen LogP contribution < -0.4 is 10.4 Å². The molecule has 1 fully saturated rings. The van der Waals surface area contributed by atoms with Crippen LogP contribution in [0.15, 0.2) is 129 Å². The van der Waals surface area contributed by atoms with Crippen LogP contribution in [0.2, 0.25) is 5.04 Å². The summed E-state index contributed by atoms with van der Waals surface area (Å²) in [6.45, 7) is 15.8. The van der Waals surface area contributed by atoms with E-state index in [2.05, 4.69) is 147 Å². The summed E-state index contributed by atoms with van der Waals surface area (Å²) in [5, 5.41) is 24.5. The zero-order valence-corrected chi connectivity index (χ0v) is 37.5. The van der Waals surface area contributed by atoms with Crippen LogP contribution in [0.25, 0.3) is 0 Å². The third-order valence-corrected chi connectivity index (χ3v) is 18.1. The summed E-state index contributed by atoms with van der Waals surface area (Å²) in [5.41, 5.74) is 1.93. The minimum absolute atomic E-state index is 0.0454. The highest BCUT2D eigenvalue weighted by Crippen LogP contribution is 2.40. The fourth-order valence-corrected chi connectivity index (χ4v) is 13.9. The van der Waals surface area contributed by atoms with Gasteiger partial charge in [0.25, 0.3) is 8.32 Å². The molecule has 1 aliphatic rings. The largest absolute Gasteiger partial charge is 0.407 e. The molecule has 3 aromatic carbocycles. The van der Waals surface area contributed by atoms with Gasteiger partial charge in [0.15, 0.2) is 0 Å². The second kappa shape index (κ2) is 21.5. The van der Waals surface area contributed by atoms with Gasteiger partial charge in [0.05, 0.1) is 24.4 Å². The second-order valence-corrected chi connectivity index (χ2v) is 22.2. The number of benzene rings is 3. The van der Waals surface area contributed by atoms with Crippen molar-refractivity contribution in [2.24, 2.45) is 17.8 Å². The number of aliphatic hydroxyl groups excluding tert-OH is 2. The fraction of sp³-hybridized carbons (Fsp3) is 0.478. The van der Waals surface area contributed by atoms with E-state index in [1.807, 2.05) is 48.8 Å². The number of halogens is 1. The van der Waals surface area contributed by atoms with Crippen molar-refractivity contribution in [2.75, 3.05) is 13.7 Å². The third kappa shape index (κ3) is 12.0. The first-order valence-corrected chi connectivity index (χ1v) is 23.5. The molecule has 8 atom stereocenters. The Labute approximate surface area is 345 Å². The maximum Gasteiger partial charge on any atom is 0.261 e. The van der Waals surface area contributed by atoms with Gasteiger partial charge in [0.2, 0.25) is 0 Å². The molecule has 0 spiro atoms. The summed E-state index contributed by atoms with van der Waals surface area (Å²) < 4.78 is 21.8. The SMILES string of the molecule is CO[C@@H](/C(C)=C/I)[C@@H](C)[C@@H](O)C[C@H](O)/C(C)=C/C=C/[C@@H](C)[C@H]1C[C@@H](CCO[Si](c2ccccc2)(c2ccccc2)C(C)(C)C)C[C@H](Sc2ccccc2)O1. The van der Waals surface area contributed by atoms with Crippen molar-refractivity contribution in [2.45, 2.75) is 114 Å². The lowest BCUT2D eigenvalue weighted by Crippen LogP contribution is -2.66. The summed E-state index contributed by atoms with van der Waals surface area (Å²) in [5.74, 6) is 0.469. The first-order chi connectivity index (χ1) is 25.8. The zero-order chi connectivity index (χ0) is 39.3. The molecule has 8 heteroatoms. The Morgan fingerprint density at radius 1 is 0.907 bits per heavy atom. The second-order valence-electron chi connectivity index (χ2n) is 16.0. The van der Waals surface area contributed by atoms with Crippen molar-refractivity contribution in [3.63, 3.8) is 0 Å². The summed E-state index contributed by atoms with van der Waals surface area (Å²) in [6, 6.07) is 32.3. The van der Waals surface area contributed by atoms with Crippen LogP contribution in [-0.4, -0.2) is 62.1 Å². The van der Waals surface area contributed by atoms with E-state index in [0.717, 1.165) is 30.4 Å². The van der Waals surface area contributed by atoms with Crippen LogP contribution in [0.5, 0.6) is 0 Å². The molecule has 0 aromatic heterocycles. The molecule has 1 heterocycles. The Kier molecular flexibility index (Phi) is 17.8. The number of rotatable bonds is 18. The van der Waals surface area contributed by atoms with Crippen LogP contribution in [0, 0.1) is 17.8 Å². The molecule has 0 aliphatic carbocycles. The average Bonchev–Trinajstić information content (AvgIpc) is 3.17. The van der Waals surface area contributed by atoms with Crippen molar-refractivity contribution in [1.82, 2.24) is 0 Å². The predicted molar refractivity (Wildman–Crippen MR) is 238 cm³/mol. The van der Waals surface area contributed by atoms with Crippen LogP contribution >= 0.6 is 34.4 Å². The molecule has 1 saturated heterocycles. The molecule has 0 bridgehead atoms. The minimum atomic E-state index is -2.62. The summed E-state index contributed by atoms with van der Waals surface area (Å²) in [7, 11) is -0.956. The van der Waals surface area contributed by atoms with Crippen molar-refractivity contribution >= 4 is 53.0 Å². The molecular formula is C46H63IO5SSi. The highest BCUT2D eigenvalue weighted by atomic mass is 127. The van der Waals surface area contributed by atoms with Gasteiger partial charge >= 0.3 is 0 Å². The number of hydrogen-bond acceptors (Lipinski definition) is 6. The van der Waals surface area contributed by atoms with E-state index in [9.17, 15) is 10.2 Å². The molecule has 3 aromatic rings.